The molecule has 0 saturated heterocycles. The van der Waals surface area contributed by atoms with Crippen molar-refractivity contribution < 1.29 is 8.83 Å². The molecule has 43 heavy (non-hydrogen) atoms. The van der Waals surface area contributed by atoms with Gasteiger partial charge >= 0.3 is 0 Å². The number of nitrogens with zero attached hydrogens (tertiary/aromatic N) is 2. The van der Waals surface area contributed by atoms with Crippen molar-refractivity contribution in [1.82, 2.24) is 4.98 Å². The number of rotatable bonds is 4. The van der Waals surface area contributed by atoms with E-state index in [2.05, 4.69) is 125 Å². The highest BCUT2D eigenvalue weighted by Crippen LogP contribution is 2.44. The van der Waals surface area contributed by atoms with Crippen molar-refractivity contribution in [3.05, 3.63) is 146 Å². The topological polar surface area (TPSA) is 42.4 Å². The maximum absolute atomic E-state index is 6.35. The Morgan fingerprint density at radius 2 is 1.14 bits per heavy atom. The number of pyridine rings is 1. The van der Waals surface area contributed by atoms with Crippen LogP contribution in [0, 0.1) is 0 Å². The quantitative estimate of drug-likeness (QED) is 0.218. The molecule has 0 unspecified atom stereocenters. The molecule has 0 saturated carbocycles. The fourth-order valence-corrected chi connectivity index (χ4v) is 6.27. The molecule has 0 aliphatic rings. The van der Waals surface area contributed by atoms with Crippen LogP contribution in [0.1, 0.15) is 0 Å². The largest absolute Gasteiger partial charge is 0.456 e. The van der Waals surface area contributed by atoms with Gasteiger partial charge in [-0.2, -0.15) is 0 Å². The highest BCUT2D eigenvalue weighted by atomic mass is 16.3. The number of fused-ring (bicyclic) bond motifs is 7. The highest BCUT2D eigenvalue weighted by Gasteiger charge is 2.21. The molecule has 4 nitrogen and oxygen atoms in total. The highest BCUT2D eigenvalue weighted by molar-refractivity contribution is 6.15. The summed E-state index contributed by atoms with van der Waals surface area (Å²) < 4.78 is 12.7. The van der Waals surface area contributed by atoms with Crippen LogP contribution in [0.25, 0.3) is 65.9 Å². The lowest BCUT2D eigenvalue weighted by Crippen LogP contribution is -2.10. The van der Waals surface area contributed by atoms with E-state index < -0.39 is 0 Å². The Balaban J connectivity index is 1.30. The third-order valence-corrected chi connectivity index (χ3v) is 8.31. The van der Waals surface area contributed by atoms with Gasteiger partial charge in [0.15, 0.2) is 0 Å². The first kappa shape index (κ1) is 23.8. The lowest BCUT2D eigenvalue weighted by molar-refractivity contribution is 0.654. The molecule has 0 radical (unpaired) electrons. The molecule has 0 fully saturated rings. The van der Waals surface area contributed by atoms with Crippen LogP contribution < -0.4 is 4.90 Å². The summed E-state index contributed by atoms with van der Waals surface area (Å²) in [5.41, 5.74) is 8.51. The van der Waals surface area contributed by atoms with Crippen molar-refractivity contribution in [3.8, 4) is 11.1 Å². The molecule has 4 heteroatoms. The molecule has 0 aliphatic heterocycles. The predicted octanol–water partition coefficient (Wildman–Crippen LogP) is 11.2. The Morgan fingerprint density at radius 1 is 0.465 bits per heavy atom. The first-order chi connectivity index (χ1) is 21.3. The smallest absolute Gasteiger partial charge is 0.229 e. The lowest BCUT2D eigenvalue weighted by Gasteiger charge is -2.26. The maximum atomic E-state index is 6.35. The van der Waals surface area contributed by atoms with Gasteiger partial charge in [0.25, 0.3) is 0 Å². The van der Waals surface area contributed by atoms with Gasteiger partial charge in [-0.25, -0.2) is 4.98 Å². The Morgan fingerprint density at radius 3 is 2.00 bits per heavy atom. The molecule has 202 valence electrons. The van der Waals surface area contributed by atoms with Crippen LogP contribution in [0.5, 0.6) is 0 Å². The van der Waals surface area contributed by atoms with E-state index in [0.717, 1.165) is 71.7 Å². The molecule has 0 atom stereocenters. The number of anilines is 3. The average Bonchev–Trinajstić information content (AvgIpc) is 3.62. The second-order valence-electron chi connectivity index (χ2n) is 10.8. The van der Waals surface area contributed by atoms with Crippen molar-refractivity contribution in [1.29, 1.82) is 0 Å². The Labute approximate surface area is 247 Å². The first-order valence-electron chi connectivity index (χ1n) is 14.4. The summed E-state index contributed by atoms with van der Waals surface area (Å²) >= 11 is 0. The van der Waals surface area contributed by atoms with E-state index in [-0.39, 0.29) is 0 Å². The zero-order chi connectivity index (χ0) is 28.3. The molecule has 3 heterocycles. The van der Waals surface area contributed by atoms with Crippen molar-refractivity contribution in [2.45, 2.75) is 0 Å². The summed E-state index contributed by atoms with van der Waals surface area (Å²) in [6, 6.07) is 48.5. The molecule has 0 spiro atoms. The van der Waals surface area contributed by atoms with Crippen LogP contribution >= 0.6 is 0 Å². The minimum absolute atomic E-state index is 0.610. The number of benzene rings is 6. The van der Waals surface area contributed by atoms with Gasteiger partial charge in [0.05, 0.1) is 11.1 Å². The molecule has 0 amide bonds. The van der Waals surface area contributed by atoms with Gasteiger partial charge in [0, 0.05) is 39.8 Å². The summed E-state index contributed by atoms with van der Waals surface area (Å²) in [4.78, 5) is 6.93. The van der Waals surface area contributed by atoms with E-state index in [0.29, 0.717) is 5.71 Å². The summed E-state index contributed by atoms with van der Waals surface area (Å²) in [5, 5.41) is 6.52. The monoisotopic (exact) mass is 552 g/mol. The molecule has 9 aromatic rings. The summed E-state index contributed by atoms with van der Waals surface area (Å²) in [5.74, 6) is 0. The Hall–Kier alpha value is -5.87. The van der Waals surface area contributed by atoms with Crippen molar-refractivity contribution >= 4 is 71.8 Å². The fourth-order valence-electron chi connectivity index (χ4n) is 6.27. The van der Waals surface area contributed by atoms with Gasteiger partial charge in [-0.1, -0.05) is 84.9 Å². The zero-order valence-electron chi connectivity index (χ0n) is 23.1. The zero-order valence-corrected chi connectivity index (χ0v) is 23.1. The Kier molecular flexibility index (Phi) is 5.16. The van der Waals surface area contributed by atoms with Gasteiger partial charge < -0.3 is 13.7 Å². The van der Waals surface area contributed by atoms with Crippen LogP contribution in [0.4, 0.5) is 17.1 Å². The molecule has 0 bridgehead atoms. The van der Waals surface area contributed by atoms with E-state index in [1.165, 1.54) is 5.56 Å². The standard InChI is InChI=1S/C39H24N2O2/c1-2-8-25(9-3-1)26-14-16-29(17-15-26)41(30-18-19-32-31-12-6-7-13-35(31)42-37(32)24-30)34-20-21-40-39-38(34)33-22-27-10-4-5-11-28(27)23-36(33)43-39/h1-24H. The van der Waals surface area contributed by atoms with Crippen molar-refractivity contribution in [2.24, 2.45) is 0 Å². The molecule has 6 aromatic carbocycles. The second-order valence-corrected chi connectivity index (χ2v) is 10.8. The molecular formula is C39H24N2O2. The first-order valence-corrected chi connectivity index (χ1v) is 14.4. The minimum atomic E-state index is 0.610. The van der Waals surface area contributed by atoms with E-state index in [1.54, 1.807) is 0 Å². The summed E-state index contributed by atoms with van der Waals surface area (Å²) in [6.45, 7) is 0. The van der Waals surface area contributed by atoms with Gasteiger partial charge in [0.2, 0.25) is 5.71 Å². The van der Waals surface area contributed by atoms with Gasteiger partial charge in [0.1, 0.15) is 16.7 Å². The minimum Gasteiger partial charge on any atom is -0.456 e. The number of hydrogen-bond donors (Lipinski definition) is 0. The lowest BCUT2D eigenvalue weighted by atomic mass is 10.0. The third kappa shape index (κ3) is 3.81. The fraction of sp³-hybridized carbons (Fsp3) is 0. The third-order valence-electron chi connectivity index (χ3n) is 8.31. The Bertz CT molecular complexity index is 2450. The van der Waals surface area contributed by atoms with Gasteiger partial charge in [-0.15, -0.1) is 0 Å². The van der Waals surface area contributed by atoms with Crippen molar-refractivity contribution in [2.75, 3.05) is 4.90 Å². The van der Waals surface area contributed by atoms with Crippen LogP contribution in [-0.4, -0.2) is 4.98 Å². The van der Waals surface area contributed by atoms with E-state index in [4.69, 9.17) is 8.83 Å². The van der Waals surface area contributed by atoms with Crippen LogP contribution in [-0.2, 0) is 0 Å². The average molecular weight is 553 g/mol. The van der Waals surface area contributed by atoms with Crippen molar-refractivity contribution in [3.63, 3.8) is 0 Å². The van der Waals surface area contributed by atoms with Crippen LogP contribution in [0.2, 0.25) is 0 Å². The van der Waals surface area contributed by atoms with E-state index >= 15 is 0 Å². The molecule has 9 rings (SSSR count). The summed E-state index contributed by atoms with van der Waals surface area (Å²) in [7, 11) is 0. The molecular weight excluding hydrogens is 528 g/mol. The normalized spacial score (nSPS) is 11.7. The maximum Gasteiger partial charge on any atom is 0.229 e. The van der Waals surface area contributed by atoms with Gasteiger partial charge in [-0.05, 0) is 70.4 Å². The molecule has 3 aromatic heterocycles. The van der Waals surface area contributed by atoms with E-state index in [1.807, 2.05) is 30.5 Å². The predicted molar refractivity (Wildman–Crippen MR) is 176 cm³/mol. The number of para-hydroxylation sites is 1. The molecule has 0 aliphatic carbocycles. The van der Waals surface area contributed by atoms with Crippen LogP contribution in [0.3, 0.4) is 0 Å². The van der Waals surface area contributed by atoms with Gasteiger partial charge in [-0.3, -0.25) is 0 Å². The SMILES string of the molecule is c1ccc(-c2ccc(N(c3ccc4c(c3)oc3ccccc34)c3ccnc4oc5cc6ccccc6cc5c34)cc2)cc1. The second kappa shape index (κ2) is 9.33. The number of aromatic nitrogens is 1. The summed E-state index contributed by atoms with van der Waals surface area (Å²) in [6.07, 6.45) is 1.82. The molecule has 0 N–H and O–H groups in total. The van der Waals surface area contributed by atoms with Crippen LogP contribution in [0.15, 0.2) is 155 Å². The number of furan rings is 2. The van der Waals surface area contributed by atoms with E-state index in [9.17, 15) is 0 Å². The number of hydrogen-bond acceptors (Lipinski definition) is 4.